The summed E-state index contributed by atoms with van der Waals surface area (Å²) >= 11 is 0. The molecule has 1 aliphatic rings. The Balaban J connectivity index is 1.55. The molecule has 1 saturated heterocycles. The molecule has 4 rings (SSSR count). The minimum Gasteiger partial charge on any atom is -0.471 e. The van der Waals surface area contributed by atoms with E-state index in [1.165, 1.54) is 6.07 Å². The number of carbonyl (C=O) groups is 1. The van der Waals surface area contributed by atoms with E-state index in [0.717, 1.165) is 5.39 Å². The molecule has 1 unspecified atom stereocenters. The summed E-state index contributed by atoms with van der Waals surface area (Å²) in [4.78, 5) is 29.2. The summed E-state index contributed by atoms with van der Waals surface area (Å²) in [5.41, 5.74) is 0.790. The van der Waals surface area contributed by atoms with Gasteiger partial charge in [0, 0.05) is 42.2 Å². The number of amides is 1. The SMILES string of the molecule is O=C(c1cc(=O)[nH]c2ccccc12)N1CCC(Oc2cccnn2)C1. The molecule has 3 heterocycles. The van der Waals surface area contributed by atoms with Crippen LogP contribution in [-0.2, 0) is 0 Å². The molecule has 0 saturated carbocycles. The van der Waals surface area contributed by atoms with Gasteiger partial charge in [0.2, 0.25) is 11.4 Å². The van der Waals surface area contributed by atoms with Crippen LogP contribution in [0.1, 0.15) is 16.8 Å². The van der Waals surface area contributed by atoms with Crippen LogP contribution in [0, 0.1) is 0 Å². The number of fused-ring (bicyclic) bond motifs is 1. The van der Waals surface area contributed by atoms with E-state index in [2.05, 4.69) is 15.2 Å². The zero-order valence-electron chi connectivity index (χ0n) is 13.4. The van der Waals surface area contributed by atoms with E-state index in [9.17, 15) is 9.59 Å². The third kappa shape index (κ3) is 3.08. The van der Waals surface area contributed by atoms with Crippen LogP contribution in [0.25, 0.3) is 10.9 Å². The quantitative estimate of drug-likeness (QED) is 0.785. The van der Waals surface area contributed by atoms with Crippen molar-refractivity contribution in [2.75, 3.05) is 13.1 Å². The fraction of sp³-hybridized carbons (Fsp3) is 0.222. The van der Waals surface area contributed by atoms with Gasteiger partial charge in [-0.25, -0.2) is 0 Å². The molecule has 0 aliphatic carbocycles. The highest BCUT2D eigenvalue weighted by atomic mass is 16.5. The van der Waals surface area contributed by atoms with Gasteiger partial charge in [-0.2, -0.15) is 5.10 Å². The lowest BCUT2D eigenvalue weighted by atomic mass is 10.1. The second-order valence-corrected chi connectivity index (χ2v) is 5.93. The lowest BCUT2D eigenvalue weighted by molar-refractivity contribution is 0.0772. The normalized spacial score (nSPS) is 17.0. The number of nitrogens with zero attached hydrogens (tertiary/aromatic N) is 3. The van der Waals surface area contributed by atoms with Gasteiger partial charge in [0.15, 0.2) is 0 Å². The molecule has 0 bridgehead atoms. The molecular formula is C18H16N4O3. The summed E-state index contributed by atoms with van der Waals surface area (Å²) < 4.78 is 5.77. The number of hydrogen-bond acceptors (Lipinski definition) is 5. The number of para-hydroxylation sites is 1. The molecule has 126 valence electrons. The average Bonchev–Trinajstić information content (AvgIpc) is 3.09. The molecule has 3 aromatic rings. The molecule has 1 amide bonds. The minimum atomic E-state index is -0.284. The van der Waals surface area contributed by atoms with Gasteiger partial charge >= 0.3 is 0 Å². The van der Waals surface area contributed by atoms with Gasteiger partial charge in [-0.05, 0) is 12.1 Å². The number of ether oxygens (including phenoxy) is 1. The maximum absolute atomic E-state index is 12.9. The Labute approximate surface area is 143 Å². The van der Waals surface area contributed by atoms with Gasteiger partial charge in [0.05, 0.1) is 12.1 Å². The summed E-state index contributed by atoms with van der Waals surface area (Å²) in [5.74, 6) is 0.288. The monoisotopic (exact) mass is 336 g/mol. The second kappa shape index (κ2) is 6.35. The third-order valence-corrected chi connectivity index (χ3v) is 4.25. The number of H-pyrrole nitrogens is 1. The number of pyridine rings is 1. The number of carbonyl (C=O) groups excluding carboxylic acids is 1. The van der Waals surface area contributed by atoms with Gasteiger partial charge in [0.25, 0.3) is 5.91 Å². The molecular weight excluding hydrogens is 320 g/mol. The fourth-order valence-electron chi connectivity index (χ4n) is 3.08. The summed E-state index contributed by atoms with van der Waals surface area (Å²) in [6.07, 6.45) is 2.16. The van der Waals surface area contributed by atoms with Crippen molar-refractivity contribution in [3.63, 3.8) is 0 Å². The molecule has 25 heavy (non-hydrogen) atoms. The summed E-state index contributed by atoms with van der Waals surface area (Å²) in [6, 6.07) is 12.2. The Morgan fingerprint density at radius 3 is 2.96 bits per heavy atom. The van der Waals surface area contributed by atoms with Gasteiger partial charge in [-0.1, -0.05) is 18.2 Å². The van der Waals surface area contributed by atoms with Crippen LogP contribution in [0.5, 0.6) is 5.88 Å². The number of likely N-dealkylation sites (tertiary alicyclic amines) is 1. The average molecular weight is 336 g/mol. The van der Waals surface area contributed by atoms with E-state index in [1.54, 1.807) is 29.3 Å². The second-order valence-electron chi connectivity index (χ2n) is 5.93. The van der Waals surface area contributed by atoms with E-state index in [1.807, 2.05) is 18.2 Å². The van der Waals surface area contributed by atoms with Crippen molar-refractivity contribution < 1.29 is 9.53 Å². The molecule has 0 spiro atoms. The van der Waals surface area contributed by atoms with Crippen molar-refractivity contribution >= 4 is 16.8 Å². The van der Waals surface area contributed by atoms with Crippen LogP contribution in [0.15, 0.2) is 53.5 Å². The molecule has 2 aromatic heterocycles. The van der Waals surface area contributed by atoms with Crippen LogP contribution < -0.4 is 10.3 Å². The lowest BCUT2D eigenvalue weighted by Gasteiger charge is -2.17. The molecule has 1 fully saturated rings. The molecule has 1 aliphatic heterocycles. The van der Waals surface area contributed by atoms with Crippen molar-refractivity contribution in [2.24, 2.45) is 0 Å². The van der Waals surface area contributed by atoms with Crippen LogP contribution in [0.4, 0.5) is 0 Å². The van der Waals surface area contributed by atoms with Crippen LogP contribution in [0.3, 0.4) is 0 Å². The first-order chi connectivity index (χ1) is 12.2. The summed E-state index contributed by atoms with van der Waals surface area (Å²) in [6.45, 7) is 1.03. The van der Waals surface area contributed by atoms with Crippen LogP contribution >= 0.6 is 0 Å². The molecule has 0 radical (unpaired) electrons. The van der Waals surface area contributed by atoms with Crippen molar-refractivity contribution in [2.45, 2.75) is 12.5 Å². The highest BCUT2D eigenvalue weighted by molar-refractivity contribution is 6.06. The summed E-state index contributed by atoms with van der Waals surface area (Å²) in [5, 5.41) is 8.42. The van der Waals surface area contributed by atoms with Crippen molar-refractivity contribution in [1.29, 1.82) is 0 Å². The number of rotatable bonds is 3. The van der Waals surface area contributed by atoms with E-state index < -0.39 is 0 Å². The minimum absolute atomic E-state index is 0.131. The highest BCUT2D eigenvalue weighted by Crippen LogP contribution is 2.21. The number of aromatic amines is 1. The predicted molar refractivity (Wildman–Crippen MR) is 91.5 cm³/mol. The molecule has 1 N–H and O–H groups in total. The Morgan fingerprint density at radius 2 is 2.12 bits per heavy atom. The molecule has 7 nitrogen and oxygen atoms in total. The fourth-order valence-corrected chi connectivity index (χ4v) is 3.08. The number of hydrogen-bond donors (Lipinski definition) is 1. The molecule has 1 aromatic carbocycles. The van der Waals surface area contributed by atoms with Gasteiger partial charge in [0.1, 0.15) is 6.10 Å². The summed E-state index contributed by atoms with van der Waals surface area (Å²) in [7, 11) is 0. The Morgan fingerprint density at radius 1 is 1.24 bits per heavy atom. The zero-order chi connectivity index (χ0) is 17.2. The Hall–Kier alpha value is -3.22. The van der Waals surface area contributed by atoms with E-state index >= 15 is 0 Å². The van der Waals surface area contributed by atoms with Gasteiger partial charge in [-0.3, -0.25) is 9.59 Å². The maximum atomic E-state index is 12.9. The van der Waals surface area contributed by atoms with Crippen LogP contribution in [-0.4, -0.2) is 45.2 Å². The number of aromatic nitrogens is 3. The third-order valence-electron chi connectivity index (χ3n) is 4.25. The highest BCUT2D eigenvalue weighted by Gasteiger charge is 2.29. The molecule has 7 heteroatoms. The van der Waals surface area contributed by atoms with Gasteiger partial charge in [-0.15, -0.1) is 5.10 Å². The van der Waals surface area contributed by atoms with Gasteiger partial charge < -0.3 is 14.6 Å². The van der Waals surface area contributed by atoms with Crippen LogP contribution in [0.2, 0.25) is 0 Å². The predicted octanol–water partition coefficient (Wildman–Crippen LogP) is 1.61. The number of benzene rings is 1. The Bertz CT molecular complexity index is 971. The lowest BCUT2D eigenvalue weighted by Crippen LogP contribution is -2.32. The standard InChI is InChI=1S/C18H16N4O3/c23-16-10-14(13-4-1-2-5-15(13)20-16)18(24)22-9-7-12(11-22)25-17-6-3-8-19-21-17/h1-6,8,10,12H,7,9,11H2,(H,20,23). The smallest absolute Gasteiger partial charge is 0.254 e. The van der Waals surface area contributed by atoms with Crippen molar-refractivity contribution in [3.05, 3.63) is 64.6 Å². The van der Waals surface area contributed by atoms with E-state index in [-0.39, 0.29) is 17.6 Å². The Kier molecular flexibility index (Phi) is 3.89. The van der Waals surface area contributed by atoms with E-state index in [0.29, 0.717) is 36.5 Å². The van der Waals surface area contributed by atoms with Crippen molar-refractivity contribution in [3.8, 4) is 5.88 Å². The maximum Gasteiger partial charge on any atom is 0.254 e. The topological polar surface area (TPSA) is 88.2 Å². The van der Waals surface area contributed by atoms with E-state index in [4.69, 9.17) is 4.74 Å². The largest absolute Gasteiger partial charge is 0.471 e. The zero-order valence-corrected chi connectivity index (χ0v) is 13.4. The first kappa shape index (κ1) is 15.3. The first-order valence-electron chi connectivity index (χ1n) is 8.06. The first-order valence-corrected chi connectivity index (χ1v) is 8.06. The number of nitrogens with one attached hydrogen (secondary N) is 1. The van der Waals surface area contributed by atoms with Crippen molar-refractivity contribution in [1.82, 2.24) is 20.1 Å². The molecule has 1 atom stereocenters.